The number of hydrogen-bond acceptors (Lipinski definition) is 3. The summed E-state index contributed by atoms with van der Waals surface area (Å²) in [5.41, 5.74) is 1.14. The molecule has 0 radical (unpaired) electrons. The van der Waals surface area contributed by atoms with Crippen molar-refractivity contribution in [1.29, 1.82) is 0 Å². The minimum atomic E-state index is -0.472. The van der Waals surface area contributed by atoms with Gasteiger partial charge >= 0.3 is 6.03 Å². The van der Waals surface area contributed by atoms with E-state index in [1.807, 2.05) is 6.92 Å². The van der Waals surface area contributed by atoms with Crippen LogP contribution in [0.3, 0.4) is 0 Å². The molecule has 3 amide bonds. The zero-order valence-corrected chi connectivity index (χ0v) is 11.5. The van der Waals surface area contributed by atoms with E-state index in [4.69, 9.17) is 0 Å². The van der Waals surface area contributed by atoms with Crippen molar-refractivity contribution in [3.63, 3.8) is 0 Å². The lowest BCUT2D eigenvalue weighted by Gasteiger charge is -2.16. The van der Waals surface area contributed by atoms with E-state index in [2.05, 4.69) is 35.9 Å². The quantitative estimate of drug-likeness (QED) is 0.770. The first-order chi connectivity index (χ1) is 8.47. The topological polar surface area (TPSA) is 70.2 Å². The molecule has 0 saturated carbocycles. The Morgan fingerprint density at radius 1 is 1.56 bits per heavy atom. The lowest BCUT2D eigenvalue weighted by Crippen LogP contribution is -2.43. The highest BCUT2D eigenvalue weighted by Crippen LogP contribution is 2.26. The fourth-order valence-electron chi connectivity index (χ4n) is 2.09. The summed E-state index contributed by atoms with van der Waals surface area (Å²) in [6.07, 6.45) is 0. The molecule has 1 aromatic rings. The molecule has 2 heterocycles. The molecule has 1 aliphatic heterocycles. The minimum absolute atomic E-state index is 0.0417. The molecule has 0 spiro atoms. The Kier molecular flexibility index (Phi) is 3.56. The van der Waals surface area contributed by atoms with Gasteiger partial charge in [0.2, 0.25) is 5.91 Å². The van der Waals surface area contributed by atoms with Gasteiger partial charge in [-0.25, -0.2) is 4.79 Å². The zero-order valence-electron chi connectivity index (χ0n) is 10.7. The van der Waals surface area contributed by atoms with Gasteiger partial charge in [0, 0.05) is 16.3 Å². The molecule has 2 rings (SSSR count). The van der Waals surface area contributed by atoms with E-state index < -0.39 is 6.04 Å². The average Bonchev–Trinajstić information content (AvgIpc) is 2.84. The van der Waals surface area contributed by atoms with E-state index >= 15 is 0 Å². The molecule has 98 valence electrons. The molecule has 1 saturated heterocycles. The summed E-state index contributed by atoms with van der Waals surface area (Å²) in [5, 5.41) is 8.07. The van der Waals surface area contributed by atoms with Gasteiger partial charge in [-0.05, 0) is 32.4 Å². The van der Waals surface area contributed by atoms with Crippen LogP contribution in [0.25, 0.3) is 0 Å². The Hall–Kier alpha value is -1.56. The Morgan fingerprint density at radius 3 is 2.78 bits per heavy atom. The van der Waals surface area contributed by atoms with E-state index in [9.17, 15) is 9.59 Å². The SMILES string of the molecule is Cc1cc([C@@H](C)NC(=O)[C@H]2CNC(=O)N2)c(C)s1. The van der Waals surface area contributed by atoms with Crippen molar-refractivity contribution in [1.82, 2.24) is 16.0 Å². The molecule has 6 heteroatoms. The number of nitrogens with one attached hydrogen (secondary N) is 3. The monoisotopic (exact) mass is 267 g/mol. The summed E-state index contributed by atoms with van der Waals surface area (Å²) < 4.78 is 0. The number of thiophene rings is 1. The van der Waals surface area contributed by atoms with Crippen LogP contribution in [0.2, 0.25) is 0 Å². The number of amides is 3. The highest BCUT2D eigenvalue weighted by molar-refractivity contribution is 7.12. The number of hydrogen-bond donors (Lipinski definition) is 3. The molecule has 1 aromatic heterocycles. The second-order valence-electron chi connectivity index (χ2n) is 4.51. The summed E-state index contributed by atoms with van der Waals surface area (Å²) in [6, 6.07) is 1.29. The van der Waals surface area contributed by atoms with Crippen LogP contribution in [0.1, 0.15) is 28.3 Å². The van der Waals surface area contributed by atoms with Crippen LogP contribution in [0.5, 0.6) is 0 Å². The predicted octanol–water partition coefficient (Wildman–Crippen LogP) is 1.22. The third kappa shape index (κ3) is 2.64. The van der Waals surface area contributed by atoms with Crippen LogP contribution < -0.4 is 16.0 Å². The van der Waals surface area contributed by atoms with Gasteiger partial charge in [0.25, 0.3) is 0 Å². The van der Waals surface area contributed by atoms with Crippen molar-refractivity contribution in [3.8, 4) is 0 Å². The number of aryl methyl sites for hydroxylation is 2. The van der Waals surface area contributed by atoms with Crippen LogP contribution in [-0.4, -0.2) is 24.5 Å². The lowest BCUT2D eigenvalue weighted by atomic mass is 10.1. The van der Waals surface area contributed by atoms with Gasteiger partial charge in [-0.2, -0.15) is 0 Å². The largest absolute Gasteiger partial charge is 0.348 e. The maximum Gasteiger partial charge on any atom is 0.315 e. The van der Waals surface area contributed by atoms with Crippen LogP contribution in [-0.2, 0) is 4.79 Å². The van der Waals surface area contributed by atoms with E-state index in [1.54, 1.807) is 11.3 Å². The standard InChI is InChI=1S/C12H17N3O2S/c1-6-4-9(8(3)18-6)7(2)14-11(16)10-5-13-12(17)15-10/h4,7,10H,5H2,1-3H3,(H,14,16)(H2,13,15,17)/t7-,10-/m1/s1. The summed E-state index contributed by atoms with van der Waals surface area (Å²) >= 11 is 1.72. The van der Waals surface area contributed by atoms with Crippen LogP contribution in [0.4, 0.5) is 4.79 Å². The van der Waals surface area contributed by atoms with Crippen molar-refractivity contribution in [2.75, 3.05) is 6.54 Å². The third-order valence-corrected chi connectivity index (χ3v) is 3.97. The Bertz CT molecular complexity index is 484. The van der Waals surface area contributed by atoms with Crippen LogP contribution in [0.15, 0.2) is 6.07 Å². The Morgan fingerprint density at radius 2 is 2.28 bits per heavy atom. The van der Waals surface area contributed by atoms with Crippen LogP contribution in [0, 0.1) is 13.8 Å². The first-order valence-electron chi connectivity index (χ1n) is 5.89. The first-order valence-corrected chi connectivity index (χ1v) is 6.70. The molecule has 0 aromatic carbocycles. The molecule has 0 aliphatic carbocycles. The van der Waals surface area contributed by atoms with Crippen molar-refractivity contribution in [2.24, 2.45) is 0 Å². The van der Waals surface area contributed by atoms with Gasteiger partial charge in [-0.15, -0.1) is 11.3 Å². The van der Waals surface area contributed by atoms with Crippen molar-refractivity contribution in [3.05, 3.63) is 21.4 Å². The number of carbonyl (C=O) groups excluding carboxylic acids is 2. The molecule has 2 atom stereocenters. The summed E-state index contributed by atoms with van der Waals surface area (Å²) in [5.74, 6) is -0.149. The molecule has 0 bridgehead atoms. The first kappa shape index (κ1) is 12.9. The fourth-order valence-corrected chi connectivity index (χ4v) is 3.11. The van der Waals surface area contributed by atoms with Crippen LogP contribution >= 0.6 is 11.3 Å². The second kappa shape index (κ2) is 4.97. The Balaban J connectivity index is 1.99. The lowest BCUT2D eigenvalue weighted by molar-refractivity contribution is -0.123. The van der Waals surface area contributed by atoms with Gasteiger partial charge in [-0.3, -0.25) is 4.79 Å². The van der Waals surface area contributed by atoms with Gasteiger partial charge < -0.3 is 16.0 Å². The van der Waals surface area contributed by atoms with Gasteiger partial charge in [0.05, 0.1) is 6.04 Å². The van der Waals surface area contributed by atoms with E-state index in [0.29, 0.717) is 6.54 Å². The van der Waals surface area contributed by atoms with Gasteiger partial charge in [0.1, 0.15) is 6.04 Å². The number of carbonyl (C=O) groups is 2. The fraction of sp³-hybridized carbons (Fsp3) is 0.500. The van der Waals surface area contributed by atoms with E-state index in [0.717, 1.165) is 5.56 Å². The summed E-state index contributed by atoms with van der Waals surface area (Å²) in [7, 11) is 0. The third-order valence-electron chi connectivity index (χ3n) is 2.99. The second-order valence-corrected chi connectivity index (χ2v) is 5.97. The molecule has 1 fully saturated rings. The smallest absolute Gasteiger partial charge is 0.315 e. The molecule has 0 unspecified atom stereocenters. The van der Waals surface area contributed by atoms with E-state index in [-0.39, 0.29) is 18.0 Å². The molecule has 3 N–H and O–H groups in total. The van der Waals surface area contributed by atoms with Crippen molar-refractivity contribution in [2.45, 2.75) is 32.9 Å². The number of urea groups is 1. The molecule has 5 nitrogen and oxygen atoms in total. The zero-order chi connectivity index (χ0) is 13.3. The van der Waals surface area contributed by atoms with Gasteiger partial charge in [-0.1, -0.05) is 0 Å². The van der Waals surface area contributed by atoms with Crippen molar-refractivity contribution < 1.29 is 9.59 Å². The number of rotatable bonds is 3. The highest BCUT2D eigenvalue weighted by atomic mass is 32.1. The molecular weight excluding hydrogens is 250 g/mol. The highest BCUT2D eigenvalue weighted by Gasteiger charge is 2.27. The summed E-state index contributed by atoms with van der Waals surface area (Å²) in [4.78, 5) is 25.4. The van der Waals surface area contributed by atoms with E-state index in [1.165, 1.54) is 9.75 Å². The minimum Gasteiger partial charge on any atom is -0.348 e. The van der Waals surface area contributed by atoms with Crippen molar-refractivity contribution >= 4 is 23.3 Å². The molecule has 18 heavy (non-hydrogen) atoms. The maximum atomic E-state index is 11.9. The Labute approximate surface area is 110 Å². The maximum absolute atomic E-state index is 11.9. The predicted molar refractivity (Wildman–Crippen MR) is 70.7 cm³/mol. The summed E-state index contributed by atoms with van der Waals surface area (Å²) in [6.45, 7) is 6.40. The molecular formula is C12H17N3O2S. The average molecular weight is 267 g/mol. The normalized spacial score (nSPS) is 20.2. The van der Waals surface area contributed by atoms with Gasteiger partial charge in [0.15, 0.2) is 0 Å². The molecule has 1 aliphatic rings.